The van der Waals surface area contributed by atoms with Crippen LogP contribution in [0.3, 0.4) is 0 Å². The molecule has 2 saturated heterocycles. The summed E-state index contributed by atoms with van der Waals surface area (Å²) in [6.07, 6.45) is 8.94. The summed E-state index contributed by atoms with van der Waals surface area (Å²) in [5, 5.41) is 4.03. The molecule has 6 heterocycles. The van der Waals surface area contributed by atoms with Gasteiger partial charge in [-0.1, -0.05) is 37.5 Å². The van der Waals surface area contributed by atoms with Crippen LogP contribution in [-0.4, -0.2) is 63.1 Å². The van der Waals surface area contributed by atoms with Crippen LogP contribution in [0, 0.1) is 11.7 Å². The molecule has 10 heteroatoms. The number of benzene rings is 1. The van der Waals surface area contributed by atoms with Crippen LogP contribution < -0.4 is 10.9 Å². The van der Waals surface area contributed by atoms with Crippen LogP contribution in [0.25, 0.3) is 11.0 Å². The molecule has 0 unspecified atom stereocenters. The van der Waals surface area contributed by atoms with Gasteiger partial charge in [0.1, 0.15) is 23.6 Å². The molecule has 4 aliphatic rings. The third kappa shape index (κ3) is 6.70. The van der Waals surface area contributed by atoms with Crippen LogP contribution >= 0.6 is 0 Å². The first kappa shape index (κ1) is 32.9. The van der Waals surface area contributed by atoms with Gasteiger partial charge >= 0.3 is 0 Å². The molecule has 250 valence electrons. The molecule has 0 saturated carbocycles. The number of aryl methyl sites for hydroxylation is 1. The Bertz CT molecular complexity index is 1560. The fourth-order valence-corrected chi connectivity index (χ4v) is 7.84. The Morgan fingerprint density at radius 2 is 1.59 bits per heavy atom. The number of alkyl halides is 2. The third-order valence-corrected chi connectivity index (χ3v) is 10.8. The van der Waals surface area contributed by atoms with Crippen LogP contribution in [0.15, 0.2) is 35.4 Å². The van der Waals surface area contributed by atoms with E-state index in [-0.39, 0.29) is 17.0 Å². The molecule has 3 aromatic rings. The molecule has 4 aliphatic heterocycles. The maximum atomic E-state index is 16.0. The highest BCUT2D eigenvalue weighted by Gasteiger charge is 2.45. The van der Waals surface area contributed by atoms with Crippen molar-refractivity contribution >= 4 is 16.9 Å². The van der Waals surface area contributed by atoms with Crippen molar-refractivity contribution in [3.05, 3.63) is 63.5 Å². The lowest BCUT2D eigenvalue weighted by atomic mass is 9.85. The van der Waals surface area contributed by atoms with Gasteiger partial charge in [-0.2, -0.15) is 0 Å². The summed E-state index contributed by atoms with van der Waals surface area (Å²) in [5.41, 5.74) is 0.976. The standard InChI is InChI=1S/C36H49F3N6O/c1-24(2)44-20-12-26(13-21-44)29-22-30-33-40-23-41-34(30)45(35(29)46)17-8-6-4-5-7-16-43-18-14-27(15-19-43)36(38,39)31-11-9-10-28(32(31)37)25(3)42-33/h9-11,22-27H,4-8,12-21H2,1-3H3,(H,40,41,42)/t25-/m1/s1. The van der Waals surface area contributed by atoms with Crippen molar-refractivity contribution in [2.24, 2.45) is 5.92 Å². The Hall–Kier alpha value is -2.98. The van der Waals surface area contributed by atoms with Crippen molar-refractivity contribution in [3.63, 3.8) is 0 Å². The number of rotatable bonds is 2. The summed E-state index contributed by atoms with van der Waals surface area (Å²) >= 11 is 0. The number of piperidine rings is 2. The Morgan fingerprint density at radius 3 is 2.30 bits per heavy atom. The summed E-state index contributed by atoms with van der Waals surface area (Å²) in [5.74, 6) is -4.42. The van der Waals surface area contributed by atoms with E-state index >= 15 is 13.2 Å². The number of nitrogens with zero attached hydrogens (tertiary/aromatic N) is 5. The SMILES string of the molecule is CC(C)N1CCC(c2cc3c4ncnc3n(c2=O)CCCCCCCN2CCC(CC2)C(F)(F)c2cccc(c2F)[C@@H](C)N4)CC1. The summed E-state index contributed by atoms with van der Waals surface area (Å²) in [6.45, 7) is 10.7. The molecular formula is C36H49F3N6O. The van der Waals surface area contributed by atoms with Gasteiger partial charge in [-0.05, 0) is 104 Å². The van der Waals surface area contributed by atoms with Crippen molar-refractivity contribution in [2.45, 2.75) is 109 Å². The largest absolute Gasteiger partial charge is 0.363 e. The van der Waals surface area contributed by atoms with E-state index in [9.17, 15) is 4.79 Å². The zero-order valence-corrected chi connectivity index (χ0v) is 27.6. The number of pyridine rings is 1. The van der Waals surface area contributed by atoms with Crippen LogP contribution in [0.4, 0.5) is 19.0 Å². The fourth-order valence-electron chi connectivity index (χ4n) is 7.84. The van der Waals surface area contributed by atoms with Crippen LogP contribution in [0.5, 0.6) is 0 Å². The number of nitrogens with one attached hydrogen (secondary N) is 1. The average molecular weight is 639 g/mol. The lowest BCUT2D eigenvalue weighted by Gasteiger charge is -2.36. The van der Waals surface area contributed by atoms with E-state index in [0.717, 1.165) is 70.1 Å². The Labute approximate surface area is 270 Å². The second-order valence-corrected chi connectivity index (χ2v) is 14.0. The summed E-state index contributed by atoms with van der Waals surface area (Å²) < 4.78 is 49.7. The summed E-state index contributed by atoms with van der Waals surface area (Å²) in [6, 6.07) is 6.08. The molecule has 0 radical (unpaired) electrons. The quantitative estimate of drug-likeness (QED) is 0.315. The highest BCUT2D eigenvalue weighted by Crippen LogP contribution is 2.44. The lowest BCUT2D eigenvalue weighted by molar-refractivity contribution is -0.0880. The monoisotopic (exact) mass is 638 g/mol. The number of aromatic nitrogens is 3. The highest BCUT2D eigenvalue weighted by atomic mass is 19.3. The number of hydrogen-bond acceptors (Lipinski definition) is 6. The van der Waals surface area contributed by atoms with Crippen molar-refractivity contribution in [2.75, 3.05) is 38.0 Å². The second-order valence-electron chi connectivity index (χ2n) is 14.0. The molecule has 0 aliphatic carbocycles. The van der Waals surface area contributed by atoms with E-state index in [0.29, 0.717) is 55.4 Å². The molecule has 0 amide bonds. The van der Waals surface area contributed by atoms with E-state index in [1.807, 2.05) is 10.6 Å². The molecule has 8 bridgehead atoms. The van der Waals surface area contributed by atoms with E-state index in [2.05, 4.69) is 38.9 Å². The van der Waals surface area contributed by atoms with Gasteiger partial charge in [-0.15, -0.1) is 0 Å². The van der Waals surface area contributed by atoms with Crippen molar-refractivity contribution in [3.8, 4) is 0 Å². The fraction of sp³-hybridized carbons (Fsp3) is 0.639. The molecule has 0 spiro atoms. The van der Waals surface area contributed by atoms with Crippen LogP contribution in [-0.2, 0) is 12.5 Å². The van der Waals surface area contributed by atoms with Crippen molar-refractivity contribution in [1.29, 1.82) is 0 Å². The minimum Gasteiger partial charge on any atom is -0.363 e. The van der Waals surface area contributed by atoms with Gasteiger partial charge in [-0.3, -0.25) is 9.36 Å². The van der Waals surface area contributed by atoms with Crippen molar-refractivity contribution in [1.82, 2.24) is 24.3 Å². The molecule has 2 aromatic heterocycles. The maximum absolute atomic E-state index is 16.0. The molecule has 7 nitrogen and oxygen atoms in total. The number of fused-ring (bicyclic) bond motifs is 9. The Kier molecular flexibility index (Phi) is 10.0. The third-order valence-electron chi connectivity index (χ3n) is 10.8. The first-order chi connectivity index (χ1) is 22.1. The Morgan fingerprint density at radius 1 is 0.891 bits per heavy atom. The van der Waals surface area contributed by atoms with Gasteiger partial charge in [0, 0.05) is 29.6 Å². The van der Waals surface area contributed by atoms with Crippen LogP contribution in [0.1, 0.15) is 107 Å². The van der Waals surface area contributed by atoms with Gasteiger partial charge < -0.3 is 15.1 Å². The molecule has 2 fully saturated rings. The van der Waals surface area contributed by atoms with E-state index < -0.39 is 29.3 Å². The van der Waals surface area contributed by atoms with E-state index in [1.165, 1.54) is 18.5 Å². The van der Waals surface area contributed by atoms with Gasteiger partial charge in [0.15, 0.2) is 0 Å². The number of hydrogen-bond donors (Lipinski definition) is 1. The summed E-state index contributed by atoms with van der Waals surface area (Å²) in [7, 11) is 0. The van der Waals surface area contributed by atoms with E-state index in [1.54, 1.807) is 13.0 Å². The predicted octanol–water partition coefficient (Wildman–Crippen LogP) is 7.46. The first-order valence-electron chi connectivity index (χ1n) is 17.4. The molecule has 46 heavy (non-hydrogen) atoms. The van der Waals surface area contributed by atoms with Crippen molar-refractivity contribution < 1.29 is 13.2 Å². The zero-order valence-electron chi connectivity index (χ0n) is 27.6. The molecule has 1 aromatic carbocycles. The topological polar surface area (TPSA) is 66.3 Å². The number of likely N-dealkylation sites (tertiary alicyclic amines) is 1. The minimum absolute atomic E-state index is 0.0103. The second kappa shape index (κ2) is 14.0. The van der Waals surface area contributed by atoms with Gasteiger partial charge in [0.05, 0.1) is 17.0 Å². The Balaban J connectivity index is 1.39. The van der Waals surface area contributed by atoms with Gasteiger partial charge in [0.25, 0.3) is 11.5 Å². The zero-order chi connectivity index (χ0) is 32.4. The minimum atomic E-state index is -3.26. The number of anilines is 1. The predicted molar refractivity (Wildman–Crippen MR) is 177 cm³/mol. The van der Waals surface area contributed by atoms with Gasteiger partial charge in [-0.25, -0.2) is 23.1 Å². The normalized spacial score (nSPS) is 25.4. The first-order valence-corrected chi connectivity index (χ1v) is 17.4. The highest BCUT2D eigenvalue weighted by molar-refractivity contribution is 5.87. The smallest absolute Gasteiger partial charge is 0.278 e. The molecule has 7 rings (SSSR count). The average Bonchev–Trinajstić information content (AvgIpc) is 3.05. The van der Waals surface area contributed by atoms with Crippen LogP contribution in [0.2, 0.25) is 0 Å². The number of halogens is 3. The maximum Gasteiger partial charge on any atom is 0.278 e. The molecule has 1 atom stereocenters. The molecule has 1 N–H and O–H groups in total. The molecular weight excluding hydrogens is 589 g/mol. The van der Waals surface area contributed by atoms with Gasteiger partial charge in [0.2, 0.25) is 0 Å². The summed E-state index contributed by atoms with van der Waals surface area (Å²) in [4.78, 5) is 27.9. The van der Waals surface area contributed by atoms with E-state index in [4.69, 9.17) is 0 Å². The lowest BCUT2D eigenvalue weighted by Crippen LogP contribution is -2.40.